The van der Waals surface area contributed by atoms with E-state index in [1.54, 1.807) is 11.3 Å². The fourth-order valence-corrected chi connectivity index (χ4v) is 3.26. The maximum atomic E-state index is 11.5. The Morgan fingerprint density at radius 3 is 2.85 bits per heavy atom. The van der Waals surface area contributed by atoms with E-state index in [1.165, 1.54) is 0 Å². The van der Waals surface area contributed by atoms with Crippen LogP contribution in [0.1, 0.15) is 17.3 Å². The van der Waals surface area contributed by atoms with Gasteiger partial charge in [-0.3, -0.25) is 9.69 Å². The van der Waals surface area contributed by atoms with Crippen molar-refractivity contribution in [2.24, 2.45) is 0 Å². The fourth-order valence-electron chi connectivity index (χ4n) is 1.65. The topological polar surface area (TPSA) is 20.3 Å². The summed E-state index contributed by atoms with van der Waals surface area (Å²) in [6, 6.07) is 4.04. The minimum absolute atomic E-state index is 0.0105. The molecular weight excluding hydrogens is 250 g/mol. The van der Waals surface area contributed by atoms with Crippen molar-refractivity contribution in [1.82, 2.24) is 4.90 Å². The highest BCUT2D eigenvalue weighted by Crippen LogP contribution is 2.34. The zero-order valence-corrected chi connectivity index (χ0v) is 9.69. The molecule has 2 nitrogen and oxygen atoms in total. The van der Waals surface area contributed by atoms with Crippen molar-refractivity contribution in [2.45, 2.75) is 12.5 Å². The van der Waals surface area contributed by atoms with Crippen LogP contribution in [0.3, 0.4) is 0 Å². The first-order valence-electron chi connectivity index (χ1n) is 4.16. The fraction of sp³-hybridized carbons (Fsp3) is 0.444. The summed E-state index contributed by atoms with van der Waals surface area (Å²) in [4.78, 5) is 14.8. The molecule has 1 aliphatic rings. The van der Waals surface area contributed by atoms with Gasteiger partial charge in [-0.05, 0) is 35.1 Å². The van der Waals surface area contributed by atoms with Crippen LogP contribution in [-0.4, -0.2) is 24.3 Å². The lowest BCUT2D eigenvalue weighted by molar-refractivity contribution is -0.119. The van der Waals surface area contributed by atoms with Crippen LogP contribution in [0.4, 0.5) is 0 Å². The number of thiophene rings is 1. The third-order valence-electron chi connectivity index (χ3n) is 2.32. The van der Waals surface area contributed by atoms with Crippen molar-refractivity contribution in [3.8, 4) is 0 Å². The number of rotatable bonds is 1. The molecule has 1 aromatic heterocycles. The van der Waals surface area contributed by atoms with Gasteiger partial charge in [0.2, 0.25) is 0 Å². The molecule has 70 valence electrons. The number of Topliss-reactive ketones (excluding diaryl/α,β-unsaturated/α-hetero) is 1. The lowest BCUT2D eigenvalue weighted by Gasteiger charge is -2.15. The first-order chi connectivity index (χ1) is 6.18. The van der Waals surface area contributed by atoms with Gasteiger partial charge < -0.3 is 0 Å². The van der Waals surface area contributed by atoms with Gasteiger partial charge in [-0.15, -0.1) is 11.3 Å². The van der Waals surface area contributed by atoms with Gasteiger partial charge in [0.15, 0.2) is 5.78 Å². The second-order valence-corrected chi connectivity index (χ2v) is 5.74. The van der Waals surface area contributed by atoms with Crippen LogP contribution in [0.5, 0.6) is 0 Å². The standard InChI is InChI=1S/C9H10BrNOS/c1-11-5-4-6(12)9(11)7-2-3-8(10)13-7/h2-3,9H,4-5H2,1H3. The van der Waals surface area contributed by atoms with E-state index in [1.807, 2.05) is 19.2 Å². The molecule has 0 aromatic carbocycles. The van der Waals surface area contributed by atoms with Gasteiger partial charge in [0.05, 0.1) is 3.79 Å². The number of nitrogens with zero attached hydrogens (tertiary/aromatic N) is 1. The van der Waals surface area contributed by atoms with E-state index >= 15 is 0 Å². The van der Waals surface area contributed by atoms with Crippen LogP contribution in [0.2, 0.25) is 0 Å². The van der Waals surface area contributed by atoms with Gasteiger partial charge in [-0.1, -0.05) is 0 Å². The van der Waals surface area contributed by atoms with Crippen LogP contribution in [0, 0.1) is 0 Å². The van der Waals surface area contributed by atoms with Crippen molar-refractivity contribution in [3.05, 3.63) is 20.8 Å². The third-order valence-corrected chi connectivity index (χ3v) is 4.00. The highest BCUT2D eigenvalue weighted by molar-refractivity contribution is 9.11. The molecule has 0 spiro atoms. The Morgan fingerprint density at radius 2 is 2.38 bits per heavy atom. The molecule has 0 radical (unpaired) electrons. The van der Waals surface area contributed by atoms with Gasteiger partial charge in [0.1, 0.15) is 6.04 Å². The van der Waals surface area contributed by atoms with Crippen LogP contribution in [0.15, 0.2) is 15.9 Å². The Kier molecular flexibility index (Phi) is 2.53. The highest BCUT2D eigenvalue weighted by Gasteiger charge is 2.31. The summed E-state index contributed by atoms with van der Waals surface area (Å²) in [5, 5.41) is 0. The maximum Gasteiger partial charge on any atom is 0.156 e. The molecule has 0 bridgehead atoms. The molecule has 1 aromatic rings. The van der Waals surface area contributed by atoms with Crippen molar-refractivity contribution < 1.29 is 4.79 Å². The number of likely N-dealkylation sites (N-methyl/N-ethyl adjacent to an activating group) is 1. The molecule has 0 aliphatic carbocycles. The molecule has 0 saturated carbocycles. The van der Waals surface area contributed by atoms with Gasteiger partial charge in [0, 0.05) is 17.8 Å². The summed E-state index contributed by atoms with van der Waals surface area (Å²) in [5.74, 6) is 0.344. The zero-order chi connectivity index (χ0) is 9.42. The molecule has 1 aliphatic heterocycles. The van der Waals surface area contributed by atoms with E-state index < -0.39 is 0 Å². The Bertz CT molecular complexity index is 336. The van der Waals surface area contributed by atoms with E-state index in [0.29, 0.717) is 12.2 Å². The van der Waals surface area contributed by atoms with E-state index in [0.717, 1.165) is 15.2 Å². The van der Waals surface area contributed by atoms with E-state index in [4.69, 9.17) is 0 Å². The number of halogens is 1. The molecule has 13 heavy (non-hydrogen) atoms. The Hall–Kier alpha value is -0.190. The van der Waals surface area contributed by atoms with Crippen molar-refractivity contribution in [1.29, 1.82) is 0 Å². The van der Waals surface area contributed by atoms with Crippen LogP contribution in [0.25, 0.3) is 0 Å². The lowest BCUT2D eigenvalue weighted by Crippen LogP contribution is -2.19. The minimum atomic E-state index is 0.0105. The second kappa shape index (κ2) is 3.52. The van der Waals surface area contributed by atoms with Crippen LogP contribution >= 0.6 is 27.3 Å². The molecule has 0 N–H and O–H groups in total. The molecule has 1 saturated heterocycles. The predicted molar refractivity (Wildman–Crippen MR) is 57.0 cm³/mol. The molecule has 2 heterocycles. The number of carbonyl (C=O) groups excluding carboxylic acids is 1. The van der Waals surface area contributed by atoms with Crippen molar-refractivity contribution in [2.75, 3.05) is 13.6 Å². The Balaban J connectivity index is 2.29. The molecule has 1 unspecified atom stereocenters. The summed E-state index contributed by atoms with van der Waals surface area (Å²) in [7, 11) is 2.00. The summed E-state index contributed by atoms with van der Waals surface area (Å²) in [6.07, 6.45) is 0.691. The molecule has 4 heteroatoms. The Labute approximate surface area is 89.7 Å². The number of carbonyl (C=O) groups is 1. The van der Waals surface area contributed by atoms with E-state index in [9.17, 15) is 4.79 Å². The molecule has 2 rings (SSSR count). The maximum absolute atomic E-state index is 11.5. The average molecular weight is 260 g/mol. The van der Waals surface area contributed by atoms with E-state index in [2.05, 4.69) is 20.8 Å². The SMILES string of the molecule is CN1CCC(=O)C1c1ccc(Br)s1. The molecule has 0 amide bonds. The number of hydrogen-bond acceptors (Lipinski definition) is 3. The van der Waals surface area contributed by atoms with Gasteiger partial charge in [-0.2, -0.15) is 0 Å². The quantitative estimate of drug-likeness (QED) is 0.773. The number of likely N-dealkylation sites (tertiary alicyclic amines) is 1. The smallest absolute Gasteiger partial charge is 0.156 e. The monoisotopic (exact) mass is 259 g/mol. The van der Waals surface area contributed by atoms with Gasteiger partial charge >= 0.3 is 0 Å². The summed E-state index contributed by atoms with van der Waals surface area (Å²) in [5.41, 5.74) is 0. The normalized spacial score (nSPS) is 24.2. The number of hydrogen-bond donors (Lipinski definition) is 0. The number of ketones is 1. The molecular formula is C9H10BrNOS. The van der Waals surface area contributed by atoms with Crippen LogP contribution < -0.4 is 0 Å². The minimum Gasteiger partial charge on any atom is -0.297 e. The van der Waals surface area contributed by atoms with Gasteiger partial charge in [0.25, 0.3) is 0 Å². The van der Waals surface area contributed by atoms with Crippen molar-refractivity contribution in [3.63, 3.8) is 0 Å². The zero-order valence-electron chi connectivity index (χ0n) is 7.29. The first kappa shape index (κ1) is 9.37. The highest BCUT2D eigenvalue weighted by atomic mass is 79.9. The molecule has 1 fully saturated rings. The third kappa shape index (κ3) is 1.71. The summed E-state index contributed by atoms with van der Waals surface area (Å²) < 4.78 is 1.09. The average Bonchev–Trinajstić information content (AvgIpc) is 2.60. The van der Waals surface area contributed by atoms with Crippen molar-refractivity contribution >= 4 is 33.0 Å². The first-order valence-corrected chi connectivity index (χ1v) is 5.77. The largest absolute Gasteiger partial charge is 0.297 e. The molecule has 1 atom stereocenters. The van der Waals surface area contributed by atoms with Gasteiger partial charge in [-0.25, -0.2) is 0 Å². The lowest BCUT2D eigenvalue weighted by atomic mass is 10.2. The van der Waals surface area contributed by atoms with Crippen LogP contribution in [-0.2, 0) is 4.79 Å². The summed E-state index contributed by atoms with van der Waals surface area (Å²) >= 11 is 5.05. The summed E-state index contributed by atoms with van der Waals surface area (Å²) in [6.45, 7) is 0.888. The Morgan fingerprint density at radius 1 is 1.62 bits per heavy atom. The predicted octanol–water partition coefficient (Wildman–Crippen LogP) is 2.46. The second-order valence-electron chi connectivity index (χ2n) is 3.24. The van der Waals surface area contributed by atoms with E-state index in [-0.39, 0.29) is 6.04 Å².